The molecule has 0 aromatic heterocycles. The number of carbonyl (C=O) groups is 2. The number of nitrogens with two attached hydrogens (primary N) is 1. The van der Waals surface area contributed by atoms with Crippen molar-refractivity contribution in [2.75, 3.05) is 5.32 Å². The normalized spacial score (nSPS) is 20.9. The number of carbonyl (C=O) groups excluding carboxylic acids is 2. The van der Waals surface area contributed by atoms with Crippen LogP contribution in [0.3, 0.4) is 0 Å². The zero-order valence-electron chi connectivity index (χ0n) is 17.3. The molecule has 2 aromatic carbocycles. The Hall–Kier alpha value is -2.80. The second-order valence-corrected chi connectivity index (χ2v) is 8.62. The molecule has 0 heterocycles. The van der Waals surface area contributed by atoms with E-state index in [0.717, 1.165) is 68.0 Å². The lowest BCUT2D eigenvalue weighted by Crippen LogP contribution is -2.43. The molecular weight excluding hydrogens is 400 g/mol. The molecule has 2 saturated carbocycles. The highest BCUT2D eigenvalue weighted by atomic mass is 19.1. The highest BCUT2D eigenvalue weighted by Gasteiger charge is 2.30. The third-order valence-corrected chi connectivity index (χ3v) is 6.08. The van der Waals surface area contributed by atoms with Crippen LogP contribution in [0.25, 0.3) is 0 Å². The largest absolute Gasteiger partial charge is 0.331 e. The quantitative estimate of drug-likeness (QED) is 0.725. The lowest BCUT2D eigenvalue weighted by Gasteiger charge is -2.36. The molecule has 0 spiro atoms. The van der Waals surface area contributed by atoms with Crippen LogP contribution >= 0.6 is 0 Å². The Morgan fingerprint density at radius 2 is 1.55 bits per heavy atom. The Kier molecular flexibility index (Phi) is 6.32. The standard InChI is InChI=1S/C24H27F2N3O2/c25-18-11-17(12-19(26)13-18)24(31)29(22-9-5-20(27)6-10-22)14-15-1-7-21(8-2-15)28-23(30)16-3-4-16/h1-2,7-8,11-13,16,20,22H,3-6,9-10,14,27H2,(H,28,30). The fraction of sp³-hybridized carbons (Fsp3) is 0.417. The first-order valence-corrected chi connectivity index (χ1v) is 10.8. The first-order valence-electron chi connectivity index (χ1n) is 10.8. The predicted molar refractivity (Wildman–Crippen MR) is 114 cm³/mol. The van der Waals surface area contributed by atoms with Crippen LogP contribution in [0.4, 0.5) is 14.5 Å². The van der Waals surface area contributed by atoms with Gasteiger partial charge in [0.1, 0.15) is 11.6 Å². The number of halogens is 2. The van der Waals surface area contributed by atoms with E-state index in [1.807, 2.05) is 24.3 Å². The zero-order chi connectivity index (χ0) is 22.0. The summed E-state index contributed by atoms with van der Waals surface area (Å²) in [7, 11) is 0. The van der Waals surface area contributed by atoms with E-state index in [0.29, 0.717) is 6.54 Å². The first-order chi connectivity index (χ1) is 14.9. The number of nitrogens with one attached hydrogen (secondary N) is 1. The van der Waals surface area contributed by atoms with E-state index in [9.17, 15) is 18.4 Å². The Morgan fingerprint density at radius 3 is 2.13 bits per heavy atom. The van der Waals surface area contributed by atoms with Gasteiger partial charge in [-0.3, -0.25) is 9.59 Å². The SMILES string of the molecule is NC1CCC(N(Cc2ccc(NC(=O)C3CC3)cc2)C(=O)c2cc(F)cc(F)c2)CC1. The smallest absolute Gasteiger partial charge is 0.254 e. The van der Waals surface area contributed by atoms with Gasteiger partial charge < -0.3 is 16.0 Å². The van der Waals surface area contributed by atoms with Crippen LogP contribution < -0.4 is 11.1 Å². The Bertz CT molecular complexity index is 932. The number of benzene rings is 2. The molecule has 4 rings (SSSR count). The molecule has 0 saturated heterocycles. The maximum atomic E-state index is 13.7. The monoisotopic (exact) mass is 427 g/mol. The summed E-state index contributed by atoms with van der Waals surface area (Å²) >= 11 is 0. The van der Waals surface area contributed by atoms with Gasteiger partial charge >= 0.3 is 0 Å². The van der Waals surface area contributed by atoms with E-state index in [-0.39, 0.29) is 29.5 Å². The van der Waals surface area contributed by atoms with Crippen molar-refractivity contribution in [2.45, 2.75) is 57.2 Å². The molecule has 0 bridgehead atoms. The van der Waals surface area contributed by atoms with E-state index in [2.05, 4.69) is 5.32 Å². The Balaban J connectivity index is 1.52. The van der Waals surface area contributed by atoms with E-state index in [1.54, 1.807) is 4.90 Å². The topological polar surface area (TPSA) is 75.4 Å². The minimum Gasteiger partial charge on any atom is -0.331 e. The average molecular weight is 427 g/mol. The van der Waals surface area contributed by atoms with Gasteiger partial charge in [0, 0.05) is 41.9 Å². The van der Waals surface area contributed by atoms with Gasteiger partial charge in [0.25, 0.3) is 5.91 Å². The summed E-state index contributed by atoms with van der Waals surface area (Å²) < 4.78 is 27.4. The number of amides is 2. The van der Waals surface area contributed by atoms with Gasteiger partial charge in [-0.25, -0.2) is 8.78 Å². The number of hydrogen-bond donors (Lipinski definition) is 2. The van der Waals surface area contributed by atoms with Crippen molar-refractivity contribution < 1.29 is 18.4 Å². The average Bonchev–Trinajstić information content (AvgIpc) is 3.58. The van der Waals surface area contributed by atoms with Gasteiger partial charge in [0.2, 0.25) is 5.91 Å². The highest BCUT2D eigenvalue weighted by Crippen LogP contribution is 2.30. The van der Waals surface area contributed by atoms with Crippen LogP contribution in [0.15, 0.2) is 42.5 Å². The fourth-order valence-corrected chi connectivity index (χ4v) is 4.10. The molecule has 164 valence electrons. The van der Waals surface area contributed by atoms with E-state index in [4.69, 9.17) is 5.73 Å². The molecule has 0 unspecified atom stereocenters. The van der Waals surface area contributed by atoms with Gasteiger partial charge in [-0.05, 0) is 68.4 Å². The van der Waals surface area contributed by atoms with Crippen LogP contribution in [0, 0.1) is 17.6 Å². The molecule has 3 N–H and O–H groups in total. The molecule has 0 radical (unpaired) electrons. The van der Waals surface area contributed by atoms with Crippen molar-refractivity contribution in [3.63, 3.8) is 0 Å². The van der Waals surface area contributed by atoms with E-state index in [1.165, 1.54) is 0 Å². The second kappa shape index (κ2) is 9.14. The maximum absolute atomic E-state index is 13.7. The molecule has 7 heteroatoms. The van der Waals surface area contributed by atoms with Crippen molar-refractivity contribution in [1.82, 2.24) is 4.90 Å². The summed E-state index contributed by atoms with van der Waals surface area (Å²) in [6.45, 7) is 0.313. The highest BCUT2D eigenvalue weighted by molar-refractivity contribution is 5.95. The summed E-state index contributed by atoms with van der Waals surface area (Å²) in [5.74, 6) is -1.78. The molecule has 2 amide bonds. The fourth-order valence-electron chi connectivity index (χ4n) is 4.10. The van der Waals surface area contributed by atoms with Crippen molar-refractivity contribution >= 4 is 17.5 Å². The molecule has 31 heavy (non-hydrogen) atoms. The Labute approximate surface area is 180 Å². The summed E-state index contributed by atoms with van der Waals surface area (Å²) in [5.41, 5.74) is 7.62. The van der Waals surface area contributed by atoms with Crippen molar-refractivity contribution in [3.8, 4) is 0 Å². The molecule has 0 aliphatic heterocycles. The molecule has 0 atom stereocenters. The minimum absolute atomic E-state index is 0.000638. The van der Waals surface area contributed by atoms with Crippen LogP contribution in [0.1, 0.15) is 54.4 Å². The maximum Gasteiger partial charge on any atom is 0.254 e. The lowest BCUT2D eigenvalue weighted by atomic mass is 9.90. The van der Waals surface area contributed by atoms with Gasteiger partial charge in [0.15, 0.2) is 0 Å². The Morgan fingerprint density at radius 1 is 0.935 bits per heavy atom. The van der Waals surface area contributed by atoms with Crippen LogP contribution in [0.5, 0.6) is 0 Å². The number of hydrogen-bond acceptors (Lipinski definition) is 3. The molecule has 2 fully saturated rings. The predicted octanol–water partition coefficient (Wildman–Crippen LogP) is 4.23. The van der Waals surface area contributed by atoms with Crippen molar-refractivity contribution in [1.29, 1.82) is 0 Å². The van der Waals surface area contributed by atoms with Crippen LogP contribution in [0.2, 0.25) is 0 Å². The molecule has 2 aromatic rings. The summed E-state index contributed by atoms with van der Waals surface area (Å²) in [5, 5.41) is 2.90. The number of anilines is 1. The van der Waals surface area contributed by atoms with E-state index >= 15 is 0 Å². The molecule has 5 nitrogen and oxygen atoms in total. The minimum atomic E-state index is -0.773. The van der Waals surface area contributed by atoms with Crippen molar-refractivity contribution in [2.24, 2.45) is 11.7 Å². The van der Waals surface area contributed by atoms with Gasteiger partial charge in [0.05, 0.1) is 0 Å². The van der Waals surface area contributed by atoms with Crippen molar-refractivity contribution in [3.05, 3.63) is 65.2 Å². The third kappa shape index (κ3) is 5.47. The summed E-state index contributed by atoms with van der Waals surface area (Å²) in [6.07, 6.45) is 4.98. The summed E-state index contributed by atoms with van der Waals surface area (Å²) in [6, 6.07) is 10.3. The van der Waals surface area contributed by atoms with Gasteiger partial charge in [-0.15, -0.1) is 0 Å². The van der Waals surface area contributed by atoms with Gasteiger partial charge in [-0.1, -0.05) is 12.1 Å². The lowest BCUT2D eigenvalue weighted by molar-refractivity contribution is -0.117. The molecule has 2 aliphatic rings. The first kappa shape index (κ1) is 21.4. The number of rotatable bonds is 6. The third-order valence-electron chi connectivity index (χ3n) is 6.08. The van der Waals surface area contributed by atoms with E-state index < -0.39 is 17.5 Å². The zero-order valence-corrected chi connectivity index (χ0v) is 17.3. The summed E-state index contributed by atoms with van der Waals surface area (Å²) in [4.78, 5) is 26.9. The number of nitrogens with zero attached hydrogens (tertiary/aromatic N) is 1. The van der Waals surface area contributed by atoms with Crippen LogP contribution in [-0.2, 0) is 11.3 Å². The van der Waals surface area contributed by atoms with Crippen LogP contribution in [-0.4, -0.2) is 28.8 Å². The van der Waals surface area contributed by atoms with Gasteiger partial charge in [-0.2, -0.15) is 0 Å². The molecular formula is C24H27F2N3O2. The molecule has 2 aliphatic carbocycles. The second-order valence-electron chi connectivity index (χ2n) is 8.62.